The second-order valence-electron chi connectivity index (χ2n) is 8.13. The van der Waals surface area contributed by atoms with Crippen LogP contribution in [0.2, 0.25) is 0 Å². The Morgan fingerprint density at radius 2 is 2.03 bits per heavy atom. The summed E-state index contributed by atoms with van der Waals surface area (Å²) in [5.74, 6) is -0.724. The topological polar surface area (TPSA) is 165 Å². The molecule has 0 bridgehead atoms. The van der Waals surface area contributed by atoms with E-state index >= 15 is 0 Å². The Labute approximate surface area is 202 Å². The second-order valence-corrected chi connectivity index (χ2v) is 10.3. The van der Waals surface area contributed by atoms with Crippen LogP contribution < -0.4 is 21.4 Å². The van der Waals surface area contributed by atoms with Gasteiger partial charge >= 0.3 is 0 Å². The molecule has 0 spiro atoms. The van der Waals surface area contributed by atoms with Gasteiger partial charge in [-0.05, 0) is 49.6 Å². The number of para-hydroxylation sites is 1. The van der Waals surface area contributed by atoms with E-state index in [1.165, 1.54) is 29.9 Å². The molecule has 3 N–H and O–H groups in total. The summed E-state index contributed by atoms with van der Waals surface area (Å²) in [5.41, 5.74) is 2.90. The van der Waals surface area contributed by atoms with Crippen molar-refractivity contribution in [3.05, 3.63) is 58.4 Å². The molecule has 5 rings (SSSR count). The van der Waals surface area contributed by atoms with Crippen molar-refractivity contribution in [3.63, 3.8) is 0 Å². The first-order chi connectivity index (χ1) is 16.7. The first-order valence-electron chi connectivity index (χ1n) is 10.6. The minimum absolute atomic E-state index is 0.0836. The third-order valence-corrected chi connectivity index (χ3v) is 7.61. The molecule has 1 aliphatic carbocycles. The van der Waals surface area contributed by atoms with Gasteiger partial charge in [-0.2, -0.15) is 12.7 Å². The second kappa shape index (κ2) is 8.64. The van der Waals surface area contributed by atoms with Crippen LogP contribution in [0.1, 0.15) is 24.8 Å². The molecule has 0 radical (unpaired) electrons. The Bertz CT molecular complexity index is 1560. The zero-order chi connectivity index (χ0) is 24.9. The van der Waals surface area contributed by atoms with E-state index in [0.717, 1.165) is 24.3 Å². The molecule has 1 aliphatic heterocycles. The molecule has 2 aliphatic rings. The van der Waals surface area contributed by atoms with Crippen molar-refractivity contribution < 1.29 is 26.6 Å². The van der Waals surface area contributed by atoms with Crippen LogP contribution in [0.3, 0.4) is 0 Å². The fraction of sp³-hybridized carbons (Fsp3) is 0.238. The number of sulfonamides is 1. The normalized spacial score (nSPS) is 17.6. The van der Waals surface area contributed by atoms with E-state index in [0.29, 0.717) is 10.9 Å². The lowest BCUT2D eigenvalue weighted by Crippen LogP contribution is -2.42. The quantitative estimate of drug-likeness (QED) is 0.322. The van der Waals surface area contributed by atoms with E-state index in [1.54, 1.807) is 24.3 Å². The van der Waals surface area contributed by atoms with Gasteiger partial charge in [0.25, 0.3) is 15.6 Å². The zero-order valence-corrected chi connectivity index (χ0v) is 19.9. The van der Waals surface area contributed by atoms with Gasteiger partial charge in [-0.25, -0.2) is 13.9 Å². The fourth-order valence-electron chi connectivity index (χ4n) is 3.97. The Morgan fingerprint density at radius 3 is 2.71 bits per heavy atom. The smallest absolute Gasteiger partial charge is 0.286 e. The van der Waals surface area contributed by atoms with Gasteiger partial charge in [-0.15, -0.1) is 4.40 Å². The van der Waals surface area contributed by atoms with Crippen LogP contribution in [0.4, 0.5) is 11.4 Å². The lowest BCUT2D eigenvalue weighted by molar-refractivity contribution is 0.289. The minimum atomic E-state index is -4.33. The number of nitrogens with one attached hydrogen (secondary N) is 2. The number of benzene rings is 2. The number of hydrogen-bond donors (Lipinski definition) is 3. The summed E-state index contributed by atoms with van der Waals surface area (Å²) >= 11 is -2.86. The maximum absolute atomic E-state index is 13.5. The average Bonchev–Trinajstić information content (AvgIpc) is 2.77. The summed E-state index contributed by atoms with van der Waals surface area (Å²) in [4.78, 5) is 13.2. The van der Waals surface area contributed by atoms with Gasteiger partial charge in [0, 0.05) is 18.5 Å². The van der Waals surface area contributed by atoms with Gasteiger partial charge in [-0.3, -0.25) is 4.79 Å². The summed E-state index contributed by atoms with van der Waals surface area (Å²) in [6, 6.07) is 10.8. The number of hydroxylamine groups is 1. The molecule has 35 heavy (non-hydrogen) atoms. The van der Waals surface area contributed by atoms with Crippen LogP contribution in [0, 0.1) is 0 Å². The van der Waals surface area contributed by atoms with Crippen molar-refractivity contribution in [2.75, 3.05) is 22.9 Å². The molecule has 1 unspecified atom stereocenters. The van der Waals surface area contributed by atoms with E-state index in [1.807, 2.05) is 0 Å². The van der Waals surface area contributed by atoms with Crippen LogP contribution in [-0.2, 0) is 25.7 Å². The van der Waals surface area contributed by atoms with E-state index < -0.39 is 32.7 Å². The number of amidine groups is 1. The van der Waals surface area contributed by atoms with Gasteiger partial charge in [0.1, 0.15) is 27.6 Å². The molecule has 1 fully saturated rings. The van der Waals surface area contributed by atoms with Crippen LogP contribution >= 0.6 is 0 Å². The van der Waals surface area contributed by atoms with Crippen LogP contribution in [0.15, 0.2) is 56.6 Å². The van der Waals surface area contributed by atoms with Gasteiger partial charge < -0.3 is 20.4 Å². The highest BCUT2D eigenvalue weighted by atomic mass is 32.2. The van der Waals surface area contributed by atoms with Crippen molar-refractivity contribution in [2.45, 2.75) is 30.2 Å². The fourth-order valence-corrected chi connectivity index (χ4v) is 5.38. The van der Waals surface area contributed by atoms with Crippen LogP contribution in [0.5, 0.6) is 5.75 Å². The number of pyridine rings is 1. The number of nitrogens with zero attached hydrogens (tertiary/aromatic N) is 3. The molecule has 0 amide bonds. The molecule has 14 heteroatoms. The first kappa shape index (κ1) is 23.3. The summed E-state index contributed by atoms with van der Waals surface area (Å²) in [7, 11) is -3.04. The maximum atomic E-state index is 13.5. The Kier molecular flexibility index (Phi) is 5.75. The van der Waals surface area contributed by atoms with Crippen molar-refractivity contribution in [1.29, 1.82) is 0 Å². The molecule has 1 atom stereocenters. The standard InChI is InChI=1S/C21H21N5O7S2/c1-25(33-34(29)30)13-9-10-15-17(11-13)35(31,32)24-20(22-15)18-19(27)14-7-2-3-8-16(14)26(21(18)28)23-12-5-4-6-12/h2-3,7-12,23,27H,4-6H2,1H3,(H,22,24)(H,29,30)/p-1. The van der Waals surface area contributed by atoms with E-state index in [4.69, 9.17) is 0 Å². The lowest BCUT2D eigenvalue weighted by atomic mass is 9.94. The molecule has 0 saturated heterocycles. The zero-order valence-electron chi connectivity index (χ0n) is 18.3. The third-order valence-electron chi connectivity index (χ3n) is 5.95. The van der Waals surface area contributed by atoms with E-state index in [-0.39, 0.29) is 33.7 Å². The number of rotatable bonds is 6. The predicted molar refractivity (Wildman–Crippen MR) is 129 cm³/mol. The number of aromatic nitrogens is 1. The predicted octanol–water partition coefficient (Wildman–Crippen LogP) is 1.53. The number of hydrogen-bond acceptors (Lipinski definition) is 10. The Hall–Kier alpha value is -3.46. The summed E-state index contributed by atoms with van der Waals surface area (Å²) < 4.78 is 57.3. The van der Waals surface area contributed by atoms with Crippen molar-refractivity contribution in [3.8, 4) is 5.75 Å². The van der Waals surface area contributed by atoms with Crippen LogP contribution in [-0.4, -0.2) is 45.9 Å². The maximum Gasteiger partial charge on any atom is 0.286 e. The SMILES string of the molecule is CN(OS(=O)[O-])c1ccc2c(c1)S(=O)(=O)N=C(c1c(O)c3ccccc3n(NC3CCC3)c1=O)N2. The van der Waals surface area contributed by atoms with Crippen molar-refractivity contribution in [1.82, 2.24) is 4.68 Å². The highest BCUT2D eigenvalue weighted by molar-refractivity contribution is 7.90. The summed E-state index contributed by atoms with van der Waals surface area (Å²) in [6.07, 6.45) is 2.81. The molecule has 2 aromatic carbocycles. The van der Waals surface area contributed by atoms with E-state index in [9.17, 15) is 27.1 Å². The van der Waals surface area contributed by atoms with Gasteiger partial charge in [0.05, 0.1) is 16.9 Å². The largest absolute Gasteiger partial charge is 0.748 e. The number of anilines is 2. The highest BCUT2D eigenvalue weighted by Gasteiger charge is 2.31. The van der Waals surface area contributed by atoms with Crippen molar-refractivity contribution >= 4 is 49.5 Å². The molecule has 1 saturated carbocycles. The van der Waals surface area contributed by atoms with Crippen LogP contribution in [0.25, 0.3) is 10.9 Å². The van der Waals surface area contributed by atoms with Gasteiger partial charge in [0.2, 0.25) is 0 Å². The molecular formula is C21H20N5O7S2-. The highest BCUT2D eigenvalue weighted by Crippen LogP contribution is 2.34. The molecule has 1 aromatic heterocycles. The summed E-state index contributed by atoms with van der Waals surface area (Å²) in [6.45, 7) is 0. The third kappa shape index (κ3) is 4.14. The molecule has 12 nitrogen and oxygen atoms in total. The van der Waals surface area contributed by atoms with Crippen molar-refractivity contribution in [2.24, 2.45) is 4.40 Å². The number of fused-ring (bicyclic) bond motifs is 2. The molecule has 184 valence electrons. The Balaban J connectivity index is 1.63. The molecule has 2 heterocycles. The average molecular weight is 519 g/mol. The summed E-state index contributed by atoms with van der Waals surface area (Å²) in [5, 5.41) is 15.0. The van der Waals surface area contributed by atoms with Gasteiger partial charge in [-0.1, -0.05) is 12.1 Å². The Morgan fingerprint density at radius 1 is 1.29 bits per heavy atom. The molecular weight excluding hydrogens is 498 g/mol. The van der Waals surface area contributed by atoms with Gasteiger partial charge in [0.15, 0.2) is 5.84 Å². The lowest BCUT2D eigenvalue weighted by Gasteiger charge is -2.29. The number of aromatic hydroxyl groups is 1. The molecule has 3 aromatic rings. The monoisotopic (exact) mass is 518 g/mol. The van der Waals surface area contributed by atoms with E-state index in [2.05, 4.69) is 19.4 Å². The first-order valence-corrected chi connectivity index (χ1v) is 13.0. The minimum Gasteiger partial charge on any atom is -0.748 e.